The quantitative estimate of drug-likeness (QED) is 0.501. The van der Waals surface area contributed by atoms with Crippen molar-refractivity contribution in [2.45, 2.75) is 26.4 Å². The van der Waals surface area contributed by atoms with Crippen molar-refractivity contribution in [1.29, 1.82) is 0 Å². The Morgan fingerprint density at radius 1 is 1.27 bits per heavy atom. The summed E-state index contributed by atoms with van der Waals surface area (Å²) < 4.78 is 0. The van der Waals surface area contributed by atoms with Crippen molar-refractivity contribution in [3.8, 4) is 0 Å². The van der Waals surface area contributed by atoms with Crippen LogP contribution in [0.25, 0.3) is 0 Å². The summed E-state index contributed by atoms with van der Waals surface area (Å²) in [6.07, 6.45) is 0. The third-order valence-electron chi connectivity index (χ3n) is 1.66. The van der Waals surface area contributed by atoms with Crippen molar-refractivity contribution in [2.24, 2.45) is 0 Å². The Kier molecular flexibility index (Phi) is 3.74. The molecule has 0 aliphatic carbocycles. The van der Waals surface area contributed by atoms with Crippen LogP contribution in [0.3, 0.4) is 0 Å². The van der Waals surface area contributed by atoms with Gasteiger partial charge in [0.1, 0.15) is 0 Å². The summed E-state index contributed by atoms with van der Waals surface area (Å²) in [5.41, 5.74) is 3.58. The number of hydrogen-bond donors (Lipinski definition) is 3. The Morgan fingerprint density at radius 3 is 2.47 bits per heavy atom. The molecular formula is C10H16BNO3. The van der Waals surface area contributed by atoms with Crippen molar-refractivity contribution < 1.29 is 14.9 Å². The van der Waals surface area contributed by atoms with Crippen molar-refractivity contribution in [3.63, 3.8) is 0 Å². The summed E-state index contributed by atoms with van der Waals surface area (Å²) in [4.78, 5) is 5.34. The molecule has 0 radical (unpaired) electrons. The van der Waals surface area contributed by atoms with Crippen LogP contribution >= 0.6 is 0 Å². The van der Waals surface area contributed by atoms with Gasteiger partial charge in [-0.25, -0.2) is 0 Å². The highest BCUT2D eigenvalue weighted by Gasteiger charge is 2.13. The van der Waals surface area contributed by atoms with Gasteiger partial charge in [-0.05, 0) is 38.4 Å². The van der Waals surface area contributed by atoms with Crippen molar-refractivity contribution in [3.05, 3.63) is 24.3 Å². The number of hydrogen-bond acceptors (Lipinski definition) is 4. The molecule has 0 aliphatic rings. The molecule has 4 nitrogen and oxygen atoms in total. The molecule has 1 rings (SSSR count). The molecule has 0 heterocycles. The topological polar surface area (TPSA) is 61.7 Å². The van der Waals surface area contributed by atoms with Crippen LogP contribution in [-0.4, -0.2) is 22.8 Å². The first-order valence-corrected chi connectivity index (χ1v) is 4.78. The zero-order valence-electron chi connectivity index (χ0n) is 9.19. The van der Waals surface area contributed by atoms with E-state index in [1.54, 1.807) is 24.3 Å². The van der Waals surface area contributed by atoms with Crippen LogP contribution in [0.15, 0.2) is 24.3 Å². The second-order valence-corrected chi connectivity index (χ2v) is 4.32. The van der Waals surface area contributed by atoms with E-state index >= 15 is 0 Å². The molecule has 0 fully saturated rings. The highest BCUT2D eigenvalue weighted by molar-refractivity contribution is 6.58. The molecule has 0 unspecified atom stereocenters. The molecule has 1 aromatic rings. The zero-order valence-corrected chi connectivity index (χ0v) is 9.19. The Morgan fingerprint density at radius 2 is 1.93 bits per heavy atom. The minimum atomic E-state index is -1.46. The average molecular weight is 209 g/mol. The molecule has 82 valence electrons. The lowest BCUT2D eigenvalue weighted by molar-refractivity contribution is 0.0375. The fourth-order valence-electron chi connectivity index (χ4n) is 0.975. The number of anilines is 1. The monoisotopic (exact) mass is 209 g/mol. The van der Waals surface area contributed by atoms with E-state index in [0.717, 1.165) is 0 Å². The van der Waals surface area contributed by atoms with Crippen molar-refractivity contribution >= 4 is 18.3 Å². The fraction of sp³-hybridized carbons (Fsp3) is 0.400. The number of benzene rings is 1. The molecule has 15 heavy (non-hydrogen) atoms. The SMILES string of the molecule is CC(C)(C)ONc1cccc(B(O)O)c1. The second-order valence-electron chi connectivity index (χ2n) is 4.32. The summed E-state index contributed by atoms with van der Waals surface area (Å²) >= 11 is 0. The molecule has 1 aromatic carbocycles. The van der Waals surface area contributed by atoms with Crippen LogP contribution in [0.4, 0.5) is 5.69 Å². The summed E-state index contributed by atoms with van der Waals surface area (Å²) in [5, 5.41) is 17.9. The maximum atomic E-state index is 8.96. The van der Waals surface area contributed by atoms with E-state index in [2.05, 4.69) is 5.48 Å². The molecule has 0 aromatic heterocycles. The van der Waals surface area contributed by atoms with Gasteiger partial charge in [0.25, 0.3) is 0 Å². The molecule has 0 bridgehead atoms. The van der Waals surface area contributed by atoms with Crippen LogP contribution in [0, 0.1) is 0 Å². The van der Waals surface area contributed by atoms with Gasteiger partial charge in [-0.1, -0.05) is 12.1 Å². The van der Waals surface area contributed by atoms with Gasteiger partial charge in [0, 0.05) is 0 Å². The standard InChI is InChI=1S/C10H16BNO3/c1-10(2,3)15-12-9-6-4-5-8(7-9)11(13)14/h4-7,12-14H,1-3H3. The summed E-state index contributed by atoms with van der Waals surface area (Å²) in [6, 6.07) is 6.77. The number of rotatable bonds is 3. The molecule has 0 aliphatic heterocycles. The highest BCUT2D eigenvalue weighted by Crippen LogP contribution is 2.10. The van der Waals surface area contributed by atoms with Gasteiger partial charge in [-0.3, -0.25) is 10.3 Å². The van der Waals surface area contributed by atoms with Crippen molar-refractivity contribution in [1.82, 2.24) is 0 Å². The predicted molar refractivity (Wildman–Crippen MR) is 60.7 cm³/mol. The molecule has 0 atom stereocenters. The van der Waals surface area contributed by atoms with Gasteiger partial charge in [-0.15, -0.1) is 0 Å². The lowest BCUT2D eigenvalue weighted by Crippen LogP contribution is -2.30. The first-order valence-electron chi connectivity index (χ1n) is 4.78. The molecule has 0 amide bonds. The smallest absolute Gasteiger partial charge is 0.423 e. The first kappa shape index (κ1) is 12.0. The average Bonchev–Trinajstić information content (AvgIpc) is 2.14. The van der Waals surface area contributed by atoms with E-state index in [9.17, 15) is 0 Å². The van der Waals surface area contributed by atoms with Gasteiger partial charge in [0.2, 0.25) is 0 Å². The molecule has 0 saturated heterocycles. The van der Waals surface area contributed by atoms with E-state index in [-0.39, 0.29) is 5.60 Å². The van der Waals surface area contributed by atoms with Crippen LogP contribution in [-0.2, 0) is 4.84 Å². The molecule has 0 spiro atoms. The van der Waals surface area contributed by atoms with Crippen LogP contribution < -0.4 is 10.9 Å². The molecule has 5 heteroatoms. The Labute approximate surface area is 90.0 Å². The normalized spacial score (nSPS) is 11.3. The first-order chi connectivity index (χ1) is 6.88. The molecular weight excluding hydrogens is 193 g/mol. The molecule has 3 N–H and O–H groups in total. The van der Waals surface area contributed by atoms with E-state index in [1.807, 2.05) is 20.8 Å². The summed E-state index contributed by atoms with van der Waals surface area (Å²) in [5.74, 6) is 0. The van der Waals surface area contributed by atoms with E-state index < -0.39 is 7.12 Å². The second kappa shape index (κ2) is 4.66. The van der Waals surface area contributed by atoms with Crippen LogP contribution in [0.1, 0.15) is 20.8 Å². The maximum Gasteiger partial charge on any atom is 0.488 e. The van der Waals surface area contributed by atoms with Crippen LogP contribution in [0.5, 0.6) is 0 Å². The fourth-order valence-corrected chi connectivity index (χ4v) is 0.975. The lowest BCUT2D eigenvalue weighted by Gasteiger charge is -2.20. The third kappa shape index (κ3) is 4.33. The molecule has 0 saturated carbocycles. The van der Waals surface area contributed by atoms with Crippen LogP contribution in [0.2, 0.25) is 0 Å². The van der Waals surface area contributed by atoms with Gasteiger partial charge < -0.3 is 10.0 Å². The van der Waals surface area contributed by atoms with Gasteiger partial charge >= 0.3 is 7.12 Å². The number of nitrogens with one attached hydrogen (secondary N) is 1. The maximum absolute atomic E-state index is 8.96. The van der Waals surface area contributed by atoms with E-state index in [1.165, 1.54) is 0 Å². The zero-order chi connectivity index (χ0) is 11.5. The predicted octanol–water partition coefficient (Wildman–Crippen LogP) is 0.508. The third-order valence-corrected chi connectivity index (χ3v) is 1.66. The Balaban J connectivity index is 2.66. The lowest BCUT2D eigenvalue weighted by atomic mass is 9.80. The van der Waals surface area contributed by atoms with Gasteiger partial charge in [-0.2, -0.15) is 0 Å². The summed E-state index contributed by atoms with van der Waals surface area (Å²) in [7, 11) is -1.46. The van der Waals surface area contributed by atoms with E-state index in [0.29, 0.717) is 11.2 Å². The largest absolute Gasteiger partial charge is 0.488 e. The summed E-state index contributed by atoms with van der Waals surface area (Å²) in [6.45, 7) is 5.76. The highest BCUT2D eigenvalue weighted by atomic mass is 16.7. The van der Waals surface area contributed by atoms with Crippen molar-refractivity contribution in [2.75, 3.05) is 5.48 Å². The van der Waals surface area contributed by atoms with Gasteiger partial charge in [0.15, 0.2) is 0 Å². The minimum Gasteiger partial charge on any atom is -0.423 e. The van der Waals surface area contributed by atoms with Gasteiger partial charge in [0.05, 0.1) is 11.3 Å². The minimum absolute atomic E-state index is 0.298. The van der Waals surface area contributed by atoms with E-state index in [4.69, 9.17) is 14.9 Å². The Bertz CT molecular complexity index is 323. The Hall–Kier alpha value is -1.04.